The molecule has 34 heavy (non-hydrogen) atoms. The van der Waals surface area contributed by atoms with Crippen LogP contribution in [0.3, 0.4) is 0 Å². The number of hydrogen-bond acceptors (Lipinski definition) is 8. The summed E-state index contributed by atoms with van der Waals surface area (Å²) >= 11 is 1.62. The largest absolute Gasteiger partial charge is 0.396 e. The predicted molar refractivity (Wildman–Crippen MR) is 140 cm³/mol. The molecule has 0 amide bonds. The molecule has 0 aliphatic heterocycles. The third-order valence-corrected chi connectivity index (χ3v) is 7.24. The number of anilines is 4. The number of nitrogens with one attached hydrogen (secondary N) is 4. The molecule has 0 radical (unpaired) electrons. The first-order valence-electron chi connectivity index (χ1n) is 11.8. The van der Waals surface area contributed by atoms with Crippen LogP contribution in [0.4, 0.5) is 23.1 Å². The second-order valence-corrected chi connectivity index (χ2v) is 10.3. The molecule has 3 aromatic heterocycles. The Morgan fingerprint density at radius 3 is 2.76 bits per heavy atom. The Labute approximate surface area is 203 Å². The number of fused-ring (bicyclic) bond motifs is 1. The average Bonchev–Trinajstić information content (AvgIpc) is 3.58. The third kappa shape index (κ3) is 4.85. The van der Waals surface area contributed by atoms with Gasteiger partial charge in [-0.15, -0.1) is 11.3 Å². The van der Waals surface area contributed by atoms with Gasteiger partial charge in [-0.25, -0.2) is 15.0 Å². The summed E-state index contributed by atoms with van der Waals surface area (Å²) in [5.41, 5.74) is 6.62. The van der Waals surface area contributed by atoms with Gasteiger partial charge in [0.1, 0.15) is 5.82 Å². The van der Waals surface area contributed by atoms with Gasteiger partial charge in [0.25, 0.3) is 0 Å². The summed E-state index contributed by atoms with van der Waals surface area (Å²) in [4.78, 5) is 16.9. The Balaban J connectivity index is 1.35. The van der Waals surface area contributed by atoms with Crippen LogP contribution in [0.15, 0.2) is 42.2 Å². The number of aliphatic hydroxyl groups excluding tert-OH is 1. The van der Waals surface area contributed by atoms with E-state index in [2.05, 4.69) is 55.8 Å². The van der Waals surface area contributed by atoms with Crippen LogP contribution in [-0.2, 0) is 0 Å². The number of aromatic amines is 1. The highest BCUT2D eigenvalue weighted by Crippen LogP contribution is 2.38. The zero-order chi connectivity index (χ0) is 23.5. The maximum absolute atomic E-state index is 9.88. The van der Waals surface area contributed by atoms with E-state index < -0.39 is 0 Å². The number of imidazole rings is 1. The van der Waals surface area contributed by atoms with Crippen LogP contribution in [0.1, 0.15) is 39.5 Å². The van der Waals surface area contributed by atoms with E-state index in [1.165, 1.54) is 12.8 Å². The summed E-state index contributed by atoms with van der Waals surface area (Å²) in [5, 5.41) is 20.2. The summed E-state index contributed by atoms with van der Waals surface area (Å²) in [6.07, 6.45) is 8.17. The molecule has 9 heteroatoms. The molecule has 0 spiro atoms. The summed E-state index contributed by atoms with van der Waals surface area (Å²) in [6.45, 7) is 5.17. The van der Waals surface area contributed by atoms with Crippen LogP contribution in [0.2, 0.25) is 0 Å². The van der Waals surface area contributed by atoms with Crippen molar-refractivity contribution in [2.24, 2.45) is 5.41 Å². The number of benzene rings is 1. The van der Waals surface area contributed by atoms with Gasteiger partial charge in [0.05, 0.1) is 34.2 Å². The smallest absolute Gasteiger partial charge is 0.200 e. The molecule has 4 aromatic rings. The van der Waals surface area contributed by atoms with Crippen LogP contribution in [0, 0.1) is 5.41 Å². The quantitative estimate of drug-likeness (QED) is 0.213. The minimum absolute atomic E-state index is 0.0334. The Morgan fingerprint density at radius 2 is 1.97 bits per heavy atom. The van der Waals surface area contributed by atoms with Gasteiger partial charge in [-0.3, -0.25) is 0 Å². The van der Waals surface area contributed by atoms with Crippen molar-refractivity contribution in [3.05, 3.63) is 42.2 Å². The summed E-state index contributed by atoms with van der Waals surface area (Å²) in [6, 6.07) is 8.41. The Morgan fingerprint density at radius 1 is 1.12 bits per heavy atom. The summed E-state index contributed by atoms with van der Waals surface area (Å²) in [7, 11) is 0. The number of hydrogen-bond donors (Lipinski definition) is 5. The van der Waals surface area contributed by atoms with E-state index in [4.69, 9.17) is 0 Å². The first-order chi connectivity index (χ1) is 16.5. The van der Waals surface area contributed by atoms with Gasteiger partial charge in [0, 0.05) is 47.2 Å². The molecule has 3 heterocycles. The van der Waals surface area contributed by atoms with Gasteiger partial charge >= 0.3 is 0 Å². The van der Waals surface area contributed by atoms with E-state index in [0.717, 1.165) is 58.1 Å². The van der Waals surface area contributed by atoms with Crippen LogP contribution in [-0.4, -0.2) is 44.2 Å². The van der Waals surface area contributed by atoms with Crippen LogP contribution >= 0.6 is 11.3 Å². The molecular weight excluding hydrogens is 446 g/mol. The second-order valence-electron chi connectivity index (χ2n) is 9.44. The van der Waals surface area contributed by atoms with Crippen molar-refractivity contribution >= 4 is 44.7 Å². The first kappa shape index (κ1) is 22.6. The number of aromatic nitrogens is 4. The van der Waals surface area contributed by atoms with Crippen molar-refractivity contribution in [2.75, 3.05) is 29.1 Å². The standard InChI is InChI=1S/C25H31N7OS/c1-16(2)30-20-10-23(31-17-5-6-19-22(9-17)34-15-29-19)26-11-18(20)21-12-27-24(32-21)28-13-25(14-33)7-3-4-8-25/h5-6,9-12,15-16,33H,3-4,7-8,13-14H2,1-2H3,(H2,26,30,31)(H2,27,28,32). The molecule has 0 unspecified atom stereocenters. The van der Waals surface area contributed by atoms with Gasteiger partial charge < -0.3 is 26.0 Å². The molecule has 0 atom stereocenters. The molecule has 5 rings (SSSR count). The molecule has 0 bridgehead atoms. The molecule has 1 aliphatic carbocycles. The average molecular weight is 478 g/mol. The van der Waals surface area contributed by atoms with E-state index in [1.54, 1.807) is 11.3 Å². The maximum Gasteiger partial charge on any atom is 0.200 e. The molecule has 1 aliphatic rings. The summed E-state index contributed by atoms with van der Waals surface area (Å²) < 4.78 is 1.14. The fourth-order valence-electron chi connectivity index (χ4n) is 4.58. The van der Waals surface area contributed by atoms with E-state index in [9.17, 15) is 5.11 Å². The van der Waals surface area contributed by atoms with Crippen molar-refractivity contribution in [1.29, 1.82) is 0 Å². The lowest BCUT2D eigenvalue weighted by Crippen LogP contribution is -2.30. The number of rotatable bonds is 9. The van der Waals surface area contributed by atoms with Crippen LogP contribution in [0.25, 0.3) is 21.5 Å². The first-order valence-corrected chi connectivity index (χ1v) is 12.7. The fourth-order valence-corrected chi connectivity index (χ4v) is 5.30. The lowest BCUT2D eigenvalue weighted by atomic mass is 9.87. The molecule has 0 saturated heterocycles. The SMILES string of the molecule is CC(C)Nc1cc(Nc2ccc3ncsc3c2)ncc1-c1cnc(NCC2(CO)CCCC2)[nH]1. The number of pyridine rings is 1. The highest BCUT2D eigenvalue weighted by molar-refractivity contribution is 7.16. The third-order valence-electron chi connectivity index (χ3n) is 6.45. The van der Waals surface area contributed by atoms with Crippen molar-refractivity contribution < 1.29 is 5.11 Å². The number of thiazole rings is 1. The number of nitrogens with zero attached hydrogens (tertiary/aromatic N) is 3. The minimum atomic E-state index is -0.0334. The molecule has 1 fully saturated rings. The topological polar surface area (TPSA) is 111 Å². The van der Waals surface area contributed by atoms with Crippen molar-refractivity contribution in [3.8, 4) is 11.3 Å². The Hall–Kier alpha value is -3.17. The highest BCUT2D eigenvalue weighted by atomic mass is 32.1. The van der Waals surface area contributed by atoms with Crippen molar-refractivity contribution in [2.45, 2.75) is 45.6 Å². The number of aliphatic hydroxyl groups is 1. The van der Waals surface area contributed by atoms with Crippen LogP contribution in [0.5, 0.6) is 0 Å². The monoisotopic (exact) mass is 477 g/mol. The minimum Gasteiger partial charge on any atom is -0.396 e. The molecule has 5 N–H and O–H groups in total. The summed E-state index contributed by atoms with van der Waals surface area (Å²) in [5.74, 6) is 1.48. The normalized spacial score (nSPS) is 15.2. The van der Waals surface area contributed by atoms with Gasteiger partial charge in [-0.05, 0) is 44.9 Å². The van der Waals surface area contributed by atoms with Gasteiger partial charge in [-0.2, -0.15) is 0 Å². The second kappa shape index (κ2) is 9.60. The lowest BCUT2D eigenvalue weighted by molar-refractivity contribution is 0.142. The molecule has 178 valence electrons. The maximum atomic E-state index is 9.88. The molecule has 1 saturated carbocycles. The van der Waals surface area contributed by atoms with Crippen LogP contribution < -0.4 is 16.0 Å². The number of H-pyrrole nitrogens is 1. The molecule has 8 nitrogen and oxygen atoms in total. The van der Waals surface area contributed by atoms with E-state index in [1.807, 2.05) is 36.1 Å². The lowest BCUT2D eigenvalue weighted by Gasteiger charge is -2.26. The predicted octanol–water partition coefficient (Wildman–Crippen LogP) is 5.61. The van der Waals surface area contributed by atoms with Gasteiger partial charge in [-0.1, -0.05) is 12.8 Å². The van der Waals surface area contributed by atoms with E-state index in [-0.39, 0.29) is 18.1 Å². The van der Waals surface area contributed by atoms with Crippen molar-refractivity contribution in [1.82, 2.24) is 19.9 Å². The van der Waals surface area contributed by atoms with Gasteiger partial charge in [0.15, 0.2) is 0 Å². The van der Waals surface area contributed by atoms with Gasteiger partial charge in [0.2, 0.25) is 5.95 Å². The highest BCUT2D eigenvalue weighted by Gasteiger charge is 2.33. The van der Waals surface area contributed by atoms with Crippen molar-refractivity contribution in [3.63, 3.8) is 0 Å². The van der Waals surface area contributed by atoms with E-state index in [0.29, 0.717) is 5.95 Å². The zero-order valence-electron chi connectivity index (χ0n) is 19.6. The Bertz CT molecular complexity index is 1260. The molecular formula is C25H31N7OS. The molecule has 1 aromatic carbocycles. The zero-order valence-corrected chi connectivity index (χ0v) is 20.4. The van der Waals surface area contributed by atoms with E-state index >= 15 is 0 Å². The Kier molecular flexibility index (Phi) is 6.38. The fraction of sp³-hybridized carbons (Fsp3) is 0.400.